The van der Waals surface area contributed by atoms with Gasteiger partial charge in [-0.15, -0.1) is 0 Å². The molecule has 0 spiro atoms. The van der Waals surface area contributed by atoms with Gasteiger partial charge in [0.25, 0.3) is 5.91 Å². The van der Waals surface area contributed by atoms with Crippen molar-refractivity contribution in [2.45, 2.75) is 64.6 Å². The lowest BCUT2D eigenvalue weighted by Crippen LogP contribution is -2.35. The fraction of sp³-hybridized carbons (Fsp3) is 0.303. The molecule has 0 saturated carbocycles. The number of aliphatic hydroxyl groups is 1. The Hall–Kier alpha value is -3.73. The Morgan fingerprint density at radius 2 is 1.75 bits per heavy atom. The van der Waals surface area contributed by atoms with Gasteiger partial charge < -0.3 is 29.2 Å². The van der Waals surface area contributed by atoms with Crippen LogP contribution in [0.4, 0.5) is 0 Å². The Bertz CT molecular complexity index is 1590. The second-order valence-corrected chi connectivity index (χ2v) is 11.3. The first-order valence-corrected chi connectivity index (χ1v) is 15.0. The topological polar surface area (TPSA) is 112 Å². The number of hydrogen-bond donors (Lipinski definition) is 2. The SMILES string of the molecule is CC(=O)O[C@@H](C)C(=O)NCc1ccccc1-c1ccc([C@@H]2O[C@H](Cn3cnc(Cl)c3Cl)C[C@H](c3ccc(CO)cc3)O2)cc1. The number of carbonyl (C=O) groups excluding carboxylic acids is 2. The van der Waals surface area contributed by atoms with Crippen LogP contribution in [0, 0.1) is 0 Å². The lowest BCUT2D eigenvalue weighted by atomic mass is 9.97. The summed E-state index contributed by atoms with van der Waals surface area (Å²) >= 11 is 12.4. The minimum atomic E-state index is -0.878. The van der Waals surface area contributed by atoms with Crippen molar-refractivity contribution in [2.24, 2.45) is 0 Å². The highest BCUT2D eigenvalue weighted by Gasteiger charge is 2.33. The molecular formula is C33H33Cl2N3O6. The monoisotopic (exact) mass is 637 g/mol. The molecule has 230 valence electrons. The van der Waals surface area contributed by atoms with Gasteiger partial charge in [-0.3, -0.25) is 9.59 Å². The van der Waals surface area contributed by atoms with Crippen molar-refractivity contribution >= 4 is 35.1 Å². The zero-order chi connectivity index (χ0) is 31.2. The van der Waals surface area contributed by atoms with E-state index < -0.39 is 18.4 Å². The zero-order valence-electron chi connectivity index (χ0n) is 24.3. The summed E-state index contributed by atoms with van der Waals surface area (Å²) in [6, 6.07) is 23.4. The molecule has 1 fully saturated rings. The summed E-state index contributed by atoms with van der Waals surface area (Å²) in [6.07, 6.45) is 0.126. The molecule has 0 unspecified atom stereocenters. The highest BCUT2D eigenvalue weighted by Crippen LogP contribution is 2.39. The van der Waals surface area contributed by atoms with Crippen LogP contribution in [0.3, 0.4) is 0 Å². The number of nitrogens with one attached hydrogen (secondary N) is 1. The highest BCUT2D eigenvalue weighted by atomic mass is 35.5. The Morgan fingerprint density at radius 1 is 1.05 bits per heavy atom. The average Bonchev–Trinajstić information content (AvgIpc) is 3.35. The van der Waals surface area contributed by atoms with E-state index in [0.717, 1.165) is 33.4 Å². The van der Waals surface area contributed by atoms with Crippen molar-refractivity contribution < 1.29 is 28.9 Å². The van der Waals surface area contributed by atoms with Crippen molar-refractivity contribution in [3.05, 3.63) is 112 Å². The van der Waals surface area contributed by atoms with Crippen LogP contribution in [-0.2, 0) is 43.5 Å². The summed E-state index contributed by atoms with van der Waals surface area (Å²) in [7, 11) is 0. The maximum Gasteiger partial charge on any atom is 0.303 e. The van der Waals surface area contributed by atoms with Crippen molar-refractivity contribution in [2.75, 3.05) is 0 Å². The van der Waals surface area contributed by atoms with E-state index in [2.05, 4.69) is 10.3 Å². The van der Waals surface area contributed by atoms with Gasteiger partial charge in [0.2, 0.25) is 0 Å². The van der Waals surface area contributed by atoms with Gasteiger partial charge in [0.05, 0.1) is 31.7 Å². The molecule has 11 heteroatoms. The van der Waals surface area contributed by atoms with Crippen LogP contribution in [0.15, 0.2) is 79.1 Å². The number of nitrogens with zero attached hydrogens (tertiary/aromatic N) is 2. The van der Waals surface area contributed by atoms with E-state index in [-0.39, 0.29) is 36.4 Å². The molecule has 1 aliphatic rings. The van der Waals surface area contributed by atoms with Gasteiger partial charge in [-0.2, -0.15) is 0 Å². The molecule has 0 bridgehead atoms. The maximum atomic E-state index is 12.4. The number of ether oxygens (including phenoxy) is 3. The number of rotatable bonds is 10. The summed E-state index contributed by atoms with van der Waals surface area (Å²) in [5, 5.41) is 12.9. The highest BCUT2D eigenvalue weighted by molar-refractivity contribution is 6.40. The number of benzene rings is 3. The summed E-state index contributed by atoms with van der Waals surface area (Å²) in [6.45, 7) is 3.49. The minimum Gasteiger partial charge on any atom is -0.453 e. The first-order chi connectivity index (χ1) is 21.2. The summed E-state index contributed by atoms with van der Waals surface area (Å²) in [5.74, 6) is -0.877. The van der Waals surface area contributed by atoms with E-state index in [1.54, 1.807) is 10.9 Å². The number of esters is 1. The first-order valence-electron chi connectivity index (χ1n) is 14.2. The van der Waals surface area contributed by atoms with Crippen molar-refractivity contribution in [3.8, 4) is 11.1 Å². The van der Waals surface area contributed by atoms with Crippen LogP contribution < -0.4 is 5.32 Å². The number of carbonyl (C=O) groups is 2. The molecule has 1 saturated heterocycles. The van der Waals surface area contributed by atoms with Crippen molar-refractivity contribution in [1.29, 1.82) is 0 Å². The van der Waals surface area contributed by atoms with E-state index in [0.29, 0.717) is 18.1 Å². The molecule has 4 aromatic rings. The largest absolute Gasteiger partial charge is 0.453 e. The fourth-order valence-corrected chi connectivity index (χ4v) is 5.44. The minimum absolute atomic E-state index is 0.0324. The number of amides is 1. The van der Waals surface area contributed by atoms with Crippen molar-refractivity contribution in [1.82, 2.24) is 14.9 Å². The van der Waals surface area contributed by atoms with Crippen LogP contribution in [0.2, 0.25) is 10.3 Å². The molecule has 2 heterocycles. The Balaban J connectivity index is 1.34. The fourth-order valence-electron chi connectivity index (χ4n) is 5.13. The second kappa shape index (κ2) is 14.4. The Labute approximate surface area is 265 Å². The molecule has 5 rings (SSSR count). The molecule has 44 heavy (non-hydrogen) atoms. The van der Waals surface area contributed by atoms with Gasteiger partial charge in [-0.1, -0.05) is 96.0 Å². The smallest absolute Gasteiger partial charge is 0.303 e. The lowest BCUT2D eigenvalue weighted by molar-refractivity contribution is -0.252. The number of imidazole rings is 1. The quantitative estimate of drug-likeness (QED) is 0.200. The molecule has 1 aliphatic heterocycles. The molecule has 3 aromatic carbocycles. The maximum absolute atomic E-state index is 12.4. The van der Waals surface area contributed by atoms with Gasteiger partial charge >= 0.3 is 5.97 Å². The van der Waals surface area contributed by atoms with Crippen LogP contribution in [-0.4, -0.2) is 38.7 Å². The van der Waals surface area contributed by atoms with Crippen molar-refractivity contribution in [3.63, 3.8) is 0 Å². The van der Waals surface area contributed by atoms with Crippen LogP contribution in [0.25, 0.3) is 11.1 Å². The van der Waals surface area contributed by atoms with Gasteiger partial charge in [-0.25, -0.2) is 4.98 Å². The average molecular weight is 639 g/mol. The normalized spacial score (nSPS) is 18.9. The molecule has 0 aliphatic carbocycles. The summed E-state index contributed by atoms with van der Waals surface area (Å²) in [4.78, 5) is 27.7. The predicted molar refractivity (Wildman–Crippen MR) is 166 cm³/mol. The Kier molecular flexibility index (Phi) is 10.3. The second-order valence-electron chi connectivity index (χ2n) is 10.6. The van der Waals surface area contributed by atoms with Gasteiger partial charge in [-0.05, 0) is 34.7 Å². The van der Waals surface area contributed by atoms with E-state index in [1.165, 1.54) is 13.8 Å². The molecule has 1 amide bonds. The van der Waals surface area contributed by atoms with E-state index in [4.69, 9.17) is 37.4 Å². The first kappa shape index (κ1) is 31.7. The molecule has 2 N–H and O–H groups in total. The Morgan fingerprint density at radius 3 is 2.41 bits per heavy atom. The number of aromatic nitrogens is 2. The van der Waals surface area contributed by atoms with E-state index >= 15 is 0 Å². The molecular weight excluding hydrogens is 605 g/mol. The van der Waals surface area contributed by atoms with Gasteiger partial charge in [0.15, 0.2) is 17.5 Å². The molecule has 1 aromatic heterocycles. The molecule has 0 radical (unpaired) electrons. The summed E-state index contributed by atoms with van der Waals surface area (Å²) < 4.78 is 19.6. The third-order valence-electron chi connectivity index (χ3n) is 7.42. The van der Waals surface area contributed by atoms with Gasteiger partial charge in [0.1, 0.15) is 5.15 Å². The number of halogens is 2. The van der Waals surface area contributed by atoms with E-state index in [1.807, 2.05) is 72.8 Å². The van der Waals surface area contributed by atoms with E-state index in [9.17, 15) is 14.7 Å². The summed E-state index contributed by atoms with van der Waals surface area (Å²) in [5.41, 5.74) is 5.46. The number of hydrogen-bond acceptors (Lipinski definition) is 7. The lowest BCUT2D eigenvalue weighted by Gasteiger charge is -2.36. The zero-order valence-corrected chi connectivity index (χ0v) is 25.8. The van der Waals surface area contributed by atoms with Gasteiger partial charge in [0, 0.05) is 25.5 Å². The third-order valence-corrected chi connectivity index (χ3v) is 8.19. The molecule has 9 nitrogen and oxygen atoms in total. The third kappa shape index (κ3) is 7.67. The standard InChI is InChI=1S/C33H33Cl2N3O6/c1-20(42-21(2)40)32(41)36-16-26-5-3-4-6-28(26)23-11-13-25(14-12-23)33-43-27(17-38-19-37-30(34)31(38)35)15-29(44-33)24-9-7-22(18-39)8-10-24/h3-14,19-20,27,29,33,39H,15-18H2,1-2H3,(H,36,41)/t20-,27-,29+,33+/m0/s1. The number of aliphatic hydroxyl groups excluding tert-OH is 1. The van der Waals surface area contributed by atoms with Crippen LogP contribution in [0.1, 0.15) is 54.9 Å². The van der Waals surface area contributed by atoms with Crippen LogP contribution >= 0.6 is 23.2 Å². The molecule has 4 atom stereocenters. The predicted octanol–water partition coefficient (Wildman–Crippen LogP) is 6.16. The van der Waals surface area contributed by atoms with Crippen LogP contribution in [0.5, 0.6) is 0 Å².